The van der Waals surface area contributed by atoms with E-state index in [4.69, 9.17) is 184 Å². The minimum atomic E-state index is -1.67. The molecule has 0 amide bonds. The van der Waals surface area contributed by atoms with Gasteiger partial charge in [0.1, 0.15) is 146 Å². The molecule has 0 rings (SSSR count). The SMILES string of the molecule is OC[C@@H](O)[C@@H](O)[C@H](O)[C@H](O)CO.OC[C@@H](O)[C@@H](O)[C@H](O)[C@H](O)CO.OC[C@@H](O)[C@@H](O)[C@H](O)[C@H](O)CO.OC[C@@H](O)[C@@H](O)[C@H](O)[C@H](O)CO.OC[C@@H](O)[C@@H](O)[C@H](O)[C@H](O)CO.OC[C@@H](O)[C@@H](O)[C@H](O)[C@H](O)CO.[Ar].[Ar].[Ar].[Ar].[Ar].[Ar].[Ar].[Ar].[Ar]. The zero-order valence-corrected chi connectivity index (χ0v) is 48.0. The van der Waals surface area contributed by atoms with Crippen LogP contribution < -0.4 is 0 Å². The molecule has 0 aliphatic carbocycles. The van der Waals surface area contributed by atoms with Crippen LogP contribution in [0.3, 0.4) is 0 Å². The minimum Gasteiger partial charge on any atom is -0.394 e. The smallest absolute Gasteiger partial charge is 0.111 e. The molecule has 516 valence electrons. The van der Waals surface area contributed by atoms with Gasteiger partial charge in [0.25, 0.3) is 0 Å². The molecule has 0 saturated heterocycles. The van der Waals surface area contributed by atoms with Crippen molar-refractivity contribution >= 4 is 0 Å². The molecule has 0 fully saturated rings. The van der Waals surface area contributed by atoms with E-state index in [0.29, 0.717) is 0 Å². The fraction of sp³-hybridized carbons (Fsp3) is 1.00. The Hall–Kier alpha value is 9.90. The Morgan fingerprint density at radius 2 is 0.148 bits per heavy atom. The van der Waals surface area contributed by atoms with E-state index in [-0.39, 0.29) is 340 Å². The molecule has 0 aromatic heterocycles. The van der Waals surface area contributed by atoms with Crippen LogP contribution in [-0.2, 0) is 0 Å². The largest absolute Gasteiger partial charge is 0.394 e. The normalized spacial score (nSPS) is 19.1. The van der Waals surface area contributed by atoms with Crippen LogP contribution >= 0.6 is 0 Å². The zero-order chi connectivity index (χ0) is 58.3. The summed E-state index contributed by atoms with van der Waals surface area (Å²) >= 11 is 0. The van der Waals surface area contributed by atoms with Crippen LogP contribution in [0.25, 0.3) is 0 Å². The molecule has 0 aliphatic heterocycles. The summed E-state index contributed by atoms with van der Waals surface area (Å²) in [6.07, 6.45) is -38.4. The molecule has 36 nitrogen and oxygen atoms in total. The molecule has 0 bridgehead atoms. The quantitative estimate of drug-likeness (QED) is 0.0318. The summed E-state index contributed by atoms with van der Waals surface area (Å²) in [6.45, 7) is -8.71. The van der Waals surface area contributed by atoms with Crippen LogP contribution in [-0.4, -0.2) is 410 Å². The van der Waals surface area contributed by atoms with E-state index in [1.54, 1.807) is 0 Å². The summed E-state index contributed by atoms with van der Waals surface area (Å²) in [4.78, 5) is 0. The number of aliphatic hydroxyl groups is 36. The van der Waals surface area contributed by atoms with Gasteiger partial charge in [0.05, 0.1) is 79.3 Å². The van der Waals surface area contributed by atoms with Gasteiger partial charge in [-0.2, -0.15) is 0 Å². The summed E-state index contributed by atoms with van der Waals surface area (Å²) in [7, 11) is 0. The molecule has 36 N–H and O–H groups in total. The van der Waals surface area contributed by atoms with E-state index in [9.17, 15) is 0 Å². The molecule has 0 aromatic carbocycles. The fourth-order valence-electron chi connectivity index (χ4n) is 4.03. The number of hydrogen-bond acceptors (Lipinski definition) is 36. The summed E-state index contributed by atoms with van der Waals surface area (Å²) in [5.74, 6) is 0. The molecule has 24 atom stereocenters. The van der Waals surface area contributed by atoms with Gasteiger partial charge >= 0.3 is 0 Å². The Kier molecular flexibility index (Phi) is 127. The van der Waals surface area contributed by atoms with Crippen LogP contribution in [0.5, 0.6) is 0 Å². The van der Waals surface area contributed by atoms with Crippen molar-refractivity contribution in [3.8, 4) is 0 Å². The van der Waals surface area contributed by atoms with Crippen molar-refractivity contribution < 1.29 is 523 Å². The van der Waals surface area contributed by atoms with Gasteiger partial charge in [0, 0.05) is 340 Å². The third kappa shape index (κ3) is 61.9. The summed E-state index contributed by atoms with van der Waals surface area (Å²) in [5, 5.41) is 313. The Balaban J connectivity index is -0.0000000486. The second kappa shape index (κ2) is 80.6. The average Bonchev–Trinajstić information content (AvgIpc) is 3.42. The molecule has 0 aliphatic rings. The van der Waals surface area contributed by atoms with Gasteiger partial charge in [-0.3, -0.25) is 0 Å². The second-order valence-electron chi connectivity index (χ2n) is 14.9. The van der Waals surface area contributed by atoms with Gasteiger partial charge in [0.15, 0.2) is 0 Å². The third-order valence-electron chi connectivity index (χ3n) is 9.07. The number of hydrogen-bond donors (Lipinski definition) is 36. The Bertz CT molecular complexity index is 886. The van der Waals surface area contributed by atoms with Gasteiger partial charge < -0.3 is 184 Å². The van der Waals surface area contributed by atoms with Crippen LogP contribution in [0.4, 0.5) is 0 Å². The van der Waals surface area contributed by atoms with Gasteiger partial charge in [-0.1, -0.05) is 0 Å². The predicted octanol–water partition coefficient (Wildman–Crippen LogP) is -21.5. The first kappa shape index (κ1) is 128. The molecule has 0 saturated carbocycles. The molecule has 0 unspecified atom stereocenters. The molecular weight excluding hydrogens is 1370 g/mol. The van der Waals surface area contributed by atoms with E-state index in [1.807, 2.05) is 0 Å². The molecule has 0 heterocycles. The number of rotatable bonds is 30. The van der Waals surface area contributed by atoms with Gasteiger partial charge in [-0.15, -0.1) is 0 Å². The Morgan fingerprint density at radius 1 is 0.111 bits per heavy atom. The van der Waals surface area contributed by atoms with Crippen LogP contribution in [0, 0.1) is 340 Å². The second-order valence-corrected chi connectivity index (χ2v) is 14.9. The van der Waals surface area contributed by atoms with E-state index in [2.05, 4.69) is 0 Å². The standard InChI is InChI=1S/6C6H14O6.9Ar/c6*7-1-3(9)5(11)6(12)4(10)2-8;;;;;;;;;/h6*3-12H,1-2H2;;;;;;;;;/t6*3-,4-,5-,6-;;;;;;;;;/m111111........./s1. The van der Waals surface area contributed by atoms with Crippen molar-refractivity contribution in [1.29, 1.82) is 0 Å². The predicted molar refractivity (Wildman–Crippen MR) is 229 cm³/mol. The minimum absolute atomic E-state index is 0. The van der Waals surface area contributed by atoms with Crippen LogP contribution in [0.15, 0.2) is 0 Å². The van der Waals surface area contributed by atoms with Crippen molar-refractivity contribution in [2.45, 2.75) is 146 Å². The van der Waals surface area contributed by atoms with E-state index < -0.39 is 226 Å². The van der Waals surface area contributed by atoms with Gasteiger partial charge in [-0.25, -0.2) is 0 Å². The van der Waals surface area contributed by atoms with E-state index >= 15 is 0 Å². The van der Waals surface area contributed by atoms with E-state index in [0.717, 1.165) is 0 Å². The Morgan fingerprint density at radius 3 is 0.173 bits per heavy atom. The first-order chi connectivity index (χ1) is 33.2. The first-order valence-electron chi connectivity index (χ1n) is 20.9. The fourth-order valence-corrected chi connectivity index (χ4v) is 4.03. The van der Waals surface area contributed by atoms with Crippen molar-refractivity contribution in [1.82, 2.24) is 0 Å². The maximum Gasteiger partial charge on any atom is 0.111 e. The summed E-state index contributed by atoms with van der Waals surface area (Å²) < 4.78 is 0. The van der Waals surface area contributed by atoms with Crippen molar-refractivity contribution in [2.24, 2.45) is 0 Å². The third-order valence-corrected chi connectivity index (χ3v) is 9.07. The molecule has 0 radical (unpaired) electrons. The monoisotopic (exact) mass is 1450 g/mol. The topological polar surface area (TPSA) is 728 Å². The Labute approximate surface area is 734 Å². The van der Waals surface area contributed by atoms with Crippen molar-refractivity contribution in [3.63, 3.8) is 0 Å². The number of aliphatic hydroxyl groups excluding tert-OH is 36. The first-order valence-corrected chi connectivity index (χ1v) is 20.9. The summed E-state index contributed by atoms with van der Waals surface area (Å²) in [5.41, 5.74) is 0. The zero-order valence-electron chi connectivity index (χ0n) is 41.6. The van der Waals surface area contributed by atoms with Crippen LogP contribution in [0.1, 0.15) is 0 Å². The van der Waals surface area contributed by atoms with Gasteiger partial charge in [-0.05, 0) is 0 Å². The average molecular weight is 1450 g/mol. The molecule has 0 aromatic rings. The molecular formula is C36H84Ar9O36. The summed E-state index contributed by atoms with van der Waals surface area (Å²) in [6, 6.07) is 0. The van der Waals surface area contributed by atoms with Crippen molar-refractivity contribution in [2.75, 3.05) is 79.3 Å². The maximum absolute atomic E-state index is 8.96. The van der Waals surface area contributed by atoms with Gasteiger partial charge in [0.2, 0.25) is 0 Å². The van der Waals surface area contributed by atoms with Crippen LogP contribution in [0.2, 0.25) is 0 Å². The molecule has 45 heteroatoms. The molecule has 81 heavy (non-hydrogen) atoms. The molecule has 0 spiro atoms. The van der Waals surface area contributed by atoms with E-state index in [1.165, 1.54) is 0 Å². The maximum atomic E-state index is 8.96. The van der Waals surface area contributed by atoms with Crippen molar-refractivity contribution in [3.05, 3.63) is 0 Å².